The van der Waals surface area contributed by atoms with Gasteiger partial charge >= 0.3 is 6.61 Å². The number of ether oxygens (including phenoxy) is 1. The maximum Gasteiger partial charge on any atom is 0.387 e. The molecule has 128 valence electrons. The van der Waals surface area contributed by atoms with Gasteiger partial charge in [0.2, 0.25) is 0 Å². The Morgan fingerprint density at radius 3 is 2.88 bits per heavy atom. The van der Waals surface area contributed by atoms with Gasteiger partial charge in [0.25, 0.3) is 0 Å². The fraction of sp³-hybridized carbons (Fsp3) is 0.294. The van der Waals surface area contributed by atoms with Crippen molar-refractivity contribution in [2.24, 2.45) is 10.7 Å². The van der Waals surface area contributed by atoms with E-state index in [4.69, 9.17) is 5.73 Å². The molecule has 2 aromatic rings. The number of nitrogens with zero attached hydrogens (tertiary/aromatic N) is 2. The number of hydrogen-bond acceptors (Lipinski definition) is 3. The van der Waals surface area contributed by atoms with Crippen LogP contribution in [0.1, 0.15) is 16.8 Å². The highest BCUT2D eigenvalue weighted by Crippen LogP contribution is 2.22. The smallest absolute Gasteiger partial charge is 0.387 e. The molecule has 1 heterocycles. The van der Waals surface area contributed by atoms with Gasteiger partial charge in [-0.25, -0.2) is 4.99 Å². The summed E-state index contributed by atoms with van der Waals surface area (Å²) in [5, 5.41) is 2.98. The van der Waals surface area contributed by atoms with Crippen LogP contribution in [0.5, 0.6) is 5.75 Å². The second-order valence-corrected chi connectivity index (χ2v) is 5.19. The van der Waals surface area contributed by atoms with Gasteiger partial charge in [-0.15, -0.1) is 0 Å². The van der Waals surface area contributed by atoms with Crippen molar-refractivity contribution < 1.29 is 13.5 Å². The van der Waals surface area contributed by atoms with E-state index in [0.717, 1.165) is 11.3 Å². The molecule has 0 amide bonds. The maximum atomic E-state index is 12.4. The van der Waals surface area contributed by atoms with Crippen LogP contribution in [0.3, 0.4) is 0 Å². The summed E-state index contributed by atoms with van der Waals surface area (Å²) in [6.45, 7) is -0.259. The van der Waals surface area contributed by atoms with Crippen LogP contribution in [0.4, 0.5) is 8.78 Å². The molecule has 3 N–H and O–H groups in total. The predicted molar refractivity (Wildman–Crippen MR) is 89.1 cm³/mol. The largest absolute Gasteiger partial charge is 0.434 e. The van der Waals surface area contributed by atoms with Crippen molar-refractivity contribution in [2.45, 2.75) is 26.5 Å². The summed E-state index contributed by atoms with van der Waals surface area (Å²) < 4.78 is 29.4. The molecule has 0 bridgehead atoms. The lowest BCUT2D eigenvalue weighted by Crippen LogP contribution is -2.33. The second-order valence-electron chi connectivity index (χ2n) is 5.19. The lowest BCUT2D eigenvalue weighted by atomic mass is 10.1. The van der Waals surface area contributed by atoms with Gasteiger partial charge < -0.3 is 15.8 Å². The topological polar surface area (TPSA) is 72.5 Å². The molecule has 0 unspecified atom stereocenters. The highest BCUT2D eigenvalue weighted by atomic mass is 19.3. The third-order valence-corrected chi connectivity index (χ3v) is 3.27. The average Bonchev–Trinajstić information content (AvgIpc) is 2.55. The molecule has 0 aliphatic heterocycles. The average molecular weight is 334 g/mol. The second kappa shape index (κ2) is 8.81. The minimum atomic E-state index is -2.87. The van der Waals surface area contributed by atoms with E-state index in [1.807, 2.05) is 25.1 Å². The van der Waals surface area contributed by atoms with Gasteiger partial charge in [0.05, 0.1) is 6.54 Å². The van der Waals surface area contributed by atoms with Gasteiger partial charge in [0.1, 0.15) is 5.75 Å². The number of pyridine rings is 1. The van der Waals surface area contributed by atoms with Gasteiger partial charge in [0, 0.05) is 30.4 Å². The Balaban J connectivity index is 1.90. The molecule has 0 radical (unpaired) electrons. The summed E-state index contributed by atoms with van der Waals surface area (Å²) in [4.78, 5) is 8.38. The first-order chi connectivity index (χ1) is 11.5. The summed E-state index contributed by atoms with van der Waals surface area (Å²) >= 11 is 0. The van der Waals surface area contributed by atoms with Gasteiger partial charge in [0.15, 0.2) is 5.96 Å². The van der Waals surface area contributed by atoms with Crippen molar-refractivity contribution in [2.75, 3.05) is 6.54 Å². The first-order valence-corrected chi connectivity index (χ1v) is 7.52. The van der Waals surface area contributed by atoms with Gasteiger partial charge in [-0.1, -0.05) is 23.8 Å². The van der Waals surface area contributed by atoms with E-state index in [-0.39, 0.29) is 18.3 Å². The summed E-state index contributed by atoms with van der Waals surface area (Å²) in [6.07, 6.45) is 2.44. The fourth-order valence-corrected chi connectivity index (χ4v) is 2.13. The Hall–Kier alpha value is -2.70. The van der Waals surface area contributed by atoms with Crippen molar-refractivity contribution in [3.8, 4) is 5.75 Å². The van der Waals surface area contributed by atoms with Crippen LogP contribution in [0.2, 0.25) is 0 Å². The minimum Gasteiger partial charge on any atom is -0.434 e. The number of nitrogens with two attached hydrogens (primary N) is 1. The monoisotopic (exact) mass is 334 g/mol. The number of aromatic nitrogens is 1. The zero-order valence-electron chi connectivity index (χ0n) is 13.4. The Bertz CT molecular complexity index is 678. The SMILES string of the molecule is Cc1ccc(OC(F)F)c(CN=C(N)NCCc2ccccn2)c1. The van der Waals surface area contributed by atoms with E-state index in [2.05, 4.69) is 20.0 Å². The molecule has 0 atom stereocenters. The molecule has 0 saturated carbocycles. The number of aliphatic imine (C=N–C) groups is 1. The number of rotatable bonds is 7. The highest BCUT2D eigenvalue weighted by molar-refractivity contribution is 5.77. The number of hydrogen-bond donors (Lipinski definition) is 2. The first kappa shape index (κ1) is 17.7. The molecule has 7 heteroatoms. The number of guanidine groups is 1. The van der Waals surface area contributed by atoms with E-state index in [0.29, 0.717) is 18.5 Å². The molecule has 0 aliphatic carbocycles. The molecule has 2 rings (SSSR count). The van der Waals surface area contributed by atoms with Crippen molar-refractivity contribution in [3.63, 3.8) is 0 Å². The predicted octanol–water partition coefficient (Wildman–Crippen LogP) is 2.64. The van der Waals surface area contributed by atoms with Gasteiger partial charge in [-0.2, -0.15) is 8.78 Å². The quantitative estimate of drug-likeness (QED) is 0.603. The number of halogens is 2. The zero-order chi connectivity index (χ0) is 17.4. The normalized spacial score (nSPS) is 11.6. The maximum absolute atomic E-state index is 12.4. The third-order valence-electron chi connectivity index (χ3n) is 3.27. The van der Waals surface area contributed by atoms with Crippen LogP contribution < -0.4 is 15.8 Å². The van der Waals surface area contributed by atoms with E-state index >= 15 is 0 Å². The molecule has 0 aliphatic rings. The summed E-state index contributed by atoms with van der Waals surface area (Å²) in [5.41, 5.74) is 8.25. The number of alkyl halides is 2. The van der Waals surface area contributed by atoms with Crippen LogP contribution in [-0.2, 0) is 13.0 Å². The number of aryl methyl sites for hydroxylation is 1. The van der Waals surface area contributed by atoms with Crippen LogP contribution in [0.15, 0.2) is 47.6 Å². The first-order valence-electron chi connectivity index (χ1n) is 7.52. The Kier molecular flexibility index (Phi) is 6.48. The molecule has 24 heavy (non-hydrogen) atoms. The molecule has 1 aromatic carbocycles. The lowest BCUT2D eigenvalue weighted by molar-refractivity contribution is -0.0504. The van der Waals surface area contributed by atoms with E-state index in [1.165, 1.54) is 6.07 Å². The van der Waals surface area contributed by atoms with Crippen molar-refractivity contribution in [3.05, 3.63) is 59.4 Å². The fourth-order valence-electron chi connectivity index (χ4n) is 2.13. The van der Waals surface area contributed by atoms with Gasteiger partial charge in [-0.3, -0.25) is 4.98 Å². The van der Waals surface area contributed by atoms with Crippen LogP contribution in [-0.4, -0.2) is 24.1 Å². The Labute approximate surface area is 139 Å². The molecular weight excluding hydrogens is 314 g/mol. The highest BCUT2D eigenvalue weighted by Gasteiger charge is 2.09. The van der Waals surface area contributed by atoms with Crippen molar-refractivity contribution in [1.29, 1.82) is 0 Å². The molecule has 5 nitrogen and oxygen atoms in total. The summed E-state index contributed by atoms with van der Waals surface area (Å²) in [7, 11) is 0. The third kappa shape index (κ3) is 5.83. The molecule has 0 saturated heterocycles. The van der Waals surface area contributed by atoms with E-state index in [1.54, 1.807) is 18.3 Å². The number of nitrogens with one attached hydrogen (secondary N) is 1. The van der Waals surface area contributed by atoms with Crippen LogP contribution in [0, 0.1) is 6.92 Å². The van der Waals surface area contributed by atoms with Gasteiger partial charge in [-0.05, 0) is 25.1 Å². The van der Waals surface area contributed by atoms with Crippen LogP contribution >= 0.6 is 0 Å². The lowest BCUT2D eigenvalue weighted by Gasteiger charge is -2.11. The zero-order valence-corrected chi connectivity index (χ0v) is 13.4. The van der Waals surface area contributed by atoms with Crippen LogP contribution in [0.25, 0.3) is 0 Å². The molecule has 1 aromatic heterocycles. The summed E-state index contributed by atoms with van der Waals surface area (Å²) in [5.74, 6) is 0.357. The number of benzene rings is 1. The molecular formula is C17H20F2N4O. The Morgan fingerprint density at radius 2 is 2.17 bits per heavy atom. The molecule has 0 fully saturated rings. The Morgan fingerprint density at radius 1 is 1.33 bits per heavy atom. The van der Waals surface area contributed by atoms with Crippen molar-refractivity contribution >= 4 is 5.96 Å². The standard InChI is InChI=1S/C17H20F2N4O/c1-12-5-6-15(24-16(18)19)13(10-12)11-23-17(20)22-9-7-14-4-2-3-8-21-14/h2-6,8,10,16H,7,9,11H2,1H3,(H3,20,22,23). The van der Waals surface area contributed by atoms with E-state index in [9.17, 15) is 8.78 Å². The minimum absolute atomic E-state index is 0.112. The van der Waals surface area contributed by atoms with E-state index < -0.39 is 6.61 Å². The van der Waals surface area contributed by atoms with Crippen molar-refractivity contribution in [1.82, 2.24) is 10.3 Å². The summed E-state index contributed by atoms with van der Waals surface area (Å²) in [6, 6.07) is 10.7. The molecule has 0 spiro atoms.